The second-order valence-electron chi connectivity index (χ2n) is 7.31. The van der Waals surface area contributed by atoms with Gasteiger partial charge in [0.1, 0.15) is 0 Å². The first-order valence-electron chi connectivity index (χ1n) is 10.2. The molecule has 0 fully saturated rings. The van der Waals surface area contributed by atoms with Gasteiger partial charge in [0.25, 0.3) is 0 Å². The maximum absolute atomic E-state index is 4.98. The Labute approximate surface area is 177 Å². The van der Waals surface area contributed by atoms with Crippen molar-refractivity contribution >= 4 is 0 Å². The van der Waals surface area contributed by atoms with E-state index in [1.165, 1.54) is 22.3 Å². The van der Waals surface area contributed by atoms with Crippen LogP contribution in [-0.4, -0.2) is 4.98 Å². The zero-order chi connectivity index (χ0) is 20.2. The maximum atomic E-state index is 4.98. The van der Waals surface area contributed by atoms with Crippen LogP contribution >= 0.6 is 0 Å². The van der Waals surface area contributed by atoms with Crippen molar-refractivity contribution in [2.75, 3.05) is 0 Å². The summed E-state index contributed by atoms with van der Waals surface area (Å²) in [4.78, 5) is 4.98. The molecule has 5 rings (SSSR count). The van der Waals surface area contributed by atoms with E-state index >= 15 is 0 Å². The minimum absolute atomic E-state index is 0.983. The fourth-order valence-electron chi connectivity index (χ4n) is 3.72. The van der Waals surface area contributed by atoms with Crippen LogP contribution in [0.15, 0.2) is 127 Å². The van der Waals surface area contributed by atoms with Crippen molar-refractivity contribution in [1.82, 2.24) is 4.98 Å². The Balaban J connectivity index is 1.67. The first kappa shape index (κ1) is 18.1. The molecular formula is C29H21N. The van der Waals surface area contributed by atoms with Gasteiger partial charge in [-0.15, -0.1) is 0 Å². The van der Waals surface area contributed by atoms with Gasteiger partial charge in [0.05, 0.1) is 11.4 Å². The van der Waals surface area contributed by atoms with E-state index in [9.17, 15) is 0 Å². The molecule has 0 saturated carbocycles. The molecule has 0 amide bonds. The lowest BCUT2D eigenvalue weighted by Gasteiger charge is -2.11. The monoisotopic (exact) mass is 383 g/mol. The normalized spacial score (nSPS) is 10.7. The first-order valence-corrected chi connectivity index (χ1v) is 10.2. The highest BCUT2D eigenvalue weighted by Crippen LogP contribution is 2.32. The molecule has 142 valence electrons. The Morgan fingerprint density at radius 2 is 0.700 bits per heavy atom. The summed E-state index contributed by atoms with van der Waals surface area (Å²) in [5.74, 6) is 0. The molecule has 0 bridgehead atoms. The number of hydrogen-bond acceptors (Lipinski definition) is 1. The van der Waals surface area contributed by atoms with Gasteiger partial charge in [0, 0.05) is 11.1 Å². The molecule has 0 aliphatic heterocycles. The van der Waals surface area contributed by atoms with Gasteiger partial charge < -0.3 is 0 Å². The number of nitrogens with zero attached hydrogens (tertiary/aromatic N) is 1. The van der Waals surface area contributed by atoms with Gasteiger partial charge in [0.15, 0.2) is 0 Å². The smallest absolute Gasteiger partial charge is 0.0715 e. The summed E-state index contributed by atoms with van der Waals surface area (Å²) in [5.41, 5.74) is 9.00. The summed E-state index contributed by atoms with van der Waals surface area (Å²) in [6.07, 6.45) is 0. The fraction of sp³-hybridized carbons (Fsp3) is 0. The fourth-order valence-corrected chi connectivity index (χ4v) is 3.72. The number of pyridine rings is 1. The third kappa shape index (κ3) is 3.78. The molecule has 30 heavy (non-hydrogen) atoms. The van der Waals surface area contributed by atoms with E-state index in [1.807, 2.05) is 12.1 Å². The Bertz CT molecular complexity index is 1200. The summed E-state index contributed by atoms with van der Waals surface area (Å²) in [6.45, 7) is 0. The molecule has 0 atom stereocenters. The molecule has 4 aromatic carbocycles. The molecule has 5 aromatic rings. The largest absolute Gasteiger partial charge is 0.248 e. The van der Waals surface area contributed by atoms with E-state index in [1.54, 1.807) is 0 Å². The lowest BCUT2D eigenvalue weighted by atomic mass is 9.97. The molecule has 0 aliphatic carbocycles. The second kappa shape index (κ2) is 8.18. The zero-order valence-electron chi connectivity index (χ0n) is 16.6. The number of aromatic nitrogens is 1. The predicted molar refractivity (Wildman–Crippen MR) is 126 cm³/mol. The van der Waals surface area contributed by atoms with Crippen molar-refractivity contribution in [2.24, 2.45) is 0 Å². The third-order valence-corrected chi connectivity index (χ3v) is 5.27. The van der Waals surface area contributed by atoms with Crippen LogP contribution in [0.2, 0.25) is 0 Å². The summed E-state index contributed by atoms with van der Waals surface area (Å²) in [7, 11) is 0. The van der Waals surface area contributed by atoms with Crippen LogP contribution in [0.25, 0.3) is 44.8 Å². The Kier molecular flexibility index (Phi) is 4.93. The summed E-state index contributed by atoms with van der Waals surface area (Å²) in [6, 6.07) is 44.4. The number of benzene rings is 4. The molecular weight excluding hydrogens is 362 g/mol. The van der Waals surface area contributed by atoms with Crippen molar-refractivity contribution in [3.8, 4) is 44.8 Å². The van der Waals surface area contributed by atoms with Crippen molar-refractivity contribution in [2.45, 2.75) is 0 Å². The number of rotatable bonds is 4. The van der Waals surface area contributed by atoms with Gasteiger partial charge in [-0.05, 0) is 40.5 Å². The molecule has 0 unspecified atom stereocenters. The Morgan fingerprint density at radius 1 is 0.300 bits per heavy atom. The molecule has 1 nitrogen and oxygen atoms in total. The van der Waals surface area contributed by atoms with Crippen LogP contribution in [-0.2, 0) is 0 Å². The van der Waals surface area contributed by atoms with E-state index in [2.05, 4.69) is 115 Å². The standard InChI is InChI=1S/C29H21N/c1-4-11-22(12-5-1)25-17-10-18-26(19-25)27-20-28(23-13-6-2-7-14-23)30-29(21-27)24-15-8-3-9-16-24/h1-21H. The van der Waals surface area contributed by atoms with Crippen LogP contribution in [0.1, 0.15) is 0 Å². The van der Waals surface area contributed by atoms with E-state index < -0.39 is 0 Å². The highest BCUT2D eigenvalue weighted by atomic mass is 14.7. The zero-order valence-corrected chi connectivity index (χ0v) is 16.6. The molecule has 0 N–H and O–H groups in total. The summed E-state index contributed by atoms with van der Waals surface area (Å²) >= 11 is 0. The van der Waals surface area contributed by atoms with Gasteiger partial charge in [-0.3, -0.25) is 0 Å². The maximum Gasteiger partial charge on any atom is 0.0715 e. The molecule has 0 radical (unpaired) electrons. The minimum Gasteiger partial charge on any atom is -0.248 e. The molecule has 1 heteroatoms. The van der Waals surface area contributed by atoms with Crippen molar-refractivity contribution < 1.29 is 0 Å². The molecule has 0 saturated heterocycles. The van der Waals surface area contributed by atoms with Gasteiger partial charge in [-0.1, -0.05) is 109 Å². The molecule has 0 spiro atoms. The highest BCUT2D eigenvalue weighted by Gasteiger charge is 2.09. The lowest BCUT2D eigenvalue weighted by molar-refractivity contribution is 1.32. The number of hydrogen-bond donors (Lipinski definition) is 0. The van der Waals surface area contributed by atoms with Gasteiger partial charge >= 0.3 is 0 Å². The van der Waals surface area contributed by atoms with Gasteiger partial charge in [-0.25, -0.2) is 4.98 Å². The predicted octanol–water partition coefficient (Wildman–Crippen LogP) is 7.75. The van der Waals surface area contributed by atoms with Crippen molar-refractivity contribution in [3.05, 3.63) is 127 Å². The van der Waals surface area contributed by atoms with E-state index in [0.717, 1.165) is 22.5 Å². The van der Waals surface area contributed by atoms with Crippen molar-refractivity contribution in [3.63, 3.8) is 0 Å². The average Bonchev–Trinajstić information content (AvgIpc) is 2.85. The topological polar surface area (TPSA) is 12.9 Å². The molecule has 1 aromatic heterocycles. The third-order valence-electron chi connectivity index (χ3n) is 5.27. The lowest BCUT2D eigenvalue weighted by Crippen LogP contribution is -1.91. The van der Waals surface area contributed by atoms with Crippen LogP contribution in [0.4, 0.5) is 0 Å². The van der Waals surface area contributed by atoms with Crippen LogP contribution in [0.3, 0.4) is 0 Å². The summed E-state index contributed by atoms with van der Waals surface area (Å²) < 4.78 is 0. The highest BCUT2D eigenvalue weighted by molar-refractivity contribution is 5.79. The first-order chi connectivity index (χ1) is 14.9. The average molecular weight is 383 g/mol. The van der Waals surface area contributed by atoms with Crippen LogP contribution in [0, 0.1) is 0 Å². The molecule has 1 heterocycles. The van der Waals surface area contributed by atoms with Crippen molar-refractivity contribution in [1.29, 1.82) is 0 Å². The van der Waals surface area contributed by atoms with Crippen LogP contribution < -0.4 is 0 Å². The van der Waals surface area contributed by atoms with Crippen LogP contribution in [0.5, 0.6) is 0 Å². The summed E-state index contributed by atoms with van der Waals surface area (Å²) in [5, 5.41) is 0. The minimum atomic E-state index is 0.983. The van der Waals surface area contributed by atoms with E-state index in [-0.39, 0.29) is 0 Å². The van der Waals surface area contributed by atoms with E-state index in [4.69, 9.17) is 4.98 Å². The second-order valence-corrected chi connectivity index (χ2v) is 7.31. The van der Waals surface area contributed by atoms with Gasteiger partial charge in [0.2, 0.25) is 0 Å². The quantitative estimate of drug-likeness (QED) is 0.309. The SMILES string of the molecule is c1ccc(-c2cccc(-c3cc(-c4ccccc4)nc(-c4ccccc4)c3)c2)cc1. The Morgan fingerprint density at radius 3 is 1.20 bits per heavy atom. The van der Waals surface area contributed by atoms with Gasteiger partial charge in [-0.2, -0.15) is 0 Å². The molecule has 0 aliphatic rings. The van der Waals surface area contributed by atoms with E-state index in [0.29, 0.717) is 0 Å². The Hall–Kier alpha value is -3.97.